The van der Waals surface area contributed by atoms with Crippen LogP contribution in [0.15, 0.2) is 12.2 Å². The van der Waals surface area contributed by atoms with Crippen LogP contribution in [0.3, 0.4) is 0 Å². The van der Waals surface area contributed by atoms with Gasteiger partial charge in [-0.25, -0.2) is 0 Å². The van der Waals surface area contributed by atoms with Crippen LogP contribution in [-0.2, 0) is 9.59 Å². The molecular formula is C11H15NO4. The van der Waals surface area contributed by atoms with Crippen LogP contribution in [0.2, 0.25) is 0 Å². The third-order valence-electron chi connectivity index (χ3n) is 3.46. The number of hydrogen-bond donors (Lipinski definition) is 3. The molecule has 2 aliphatic rings. The van der Waals surface area contributed by atoms with Crippen LogP contribution in [0.4, 0.5) is 0 Å². The van der Waals surface area contributed by atoms with E-state index in [0.717, 1.165) is 6.42 Å². The van der Waals surface area contributed by atoms with Crippen LogP contribution < -0.4 is 5.32 Å². The number of hydrogen-bond acceptors (Lipinski definition) is 3. The number of allylic oxidation sites excluding steroid dienone is 2. The van der Waals surface area contributed by atoms with E-state index in [-0.39, 0.29) is 30.9 Å². The van der Waals surface area contributed by atoms with E-state index in [0.29, 0.717) is 0 Å². The molecule has 0 radical (unpaired) electrons. The third-order valence-corrected chi connectivity index (χ3v) is 3.46. The van der Waals surface area contributed by atoms with Crippen molar-refractivity contribution in [3.8, 4) is 0 Å². The molecule has 2 rings (SSSR count). The van der Waals surface area contributed by atoms with Crippen molar-refractivity contribution in [2.24, 2.45) is 23.7 Å². The first kappa shape index (κ1) is 11.1. The van der Waals surface area contributed by atoms with E-state index >= 15 is 0 Å². The molecule has 4 atom stereocenters. The molecule has 2 aliphatic carbocycles. The van der Waals surface area contributed by atoms with Gasteiger partial charge in [0, 0.05) is 6.54 Å². The Kier molecular flexibility index (Phi) is 2.96. The number of aliphatic hydroxyl groups is 1. The number of carboxylic acids is 1. The molecule has 0 aromatic carbocycles. The summed E-state index contributed by atoms with van der Waals surface area (Å²) in [5.41, 5.74) is 0. The highest BCUT2D eigenvalue weighted by molar-refractivity contribution is 5.86. The van der Waals surface area contributed by atoms with E-state index in [9.17, 15) is 9.59 Å². The second-order valence-electron chi connectivity index (χ2n) is 4.35. The lowest BCUT2D eigenvalue weighted by atomic mass is 9.82. The molecular weight excluding hydrogens is 210 g/mol. The Morgan fingerprint density at radius 2 is 1.88 bits per heavy atom. The van der Waals surface area contributed by atoms with E-state index in [1.165, 1.54) is 0 Å². The first-order valence-corrected chi connectivity index (χ1v) is 5.45. The Labute approximate surface area is 93.1 Å². The number of carbonyl (C=O) groups excluding carboxylic acids is 1. The van der Waals surface area contributed by atoms with Crippen molar-refractivity contribution < 1.29 is 19.8 Å². The molecule has 5 nitrogen and oxygen atoms in total. The summed E-state index contributed by atoms with van der Waals surface area (Å²) in [4.78, 5) is 22.9. The van der Waals surface area contributed by atoms with Gasteiger partial charge in [0.1, 0.15) is 0 Å². The van der Waals surface area contributed by atoms with Gasteiger partial charge in [0.25, 0.3) is 0 Å². The fourth-order valence-corrected chi connectivity index (χ4v) is 2.81. The number of fused-ring (bicyclic) bond motifs is 2. The van der Waals surface area contributed by atoms with E-state index in [2.05, 4.69) is 5.32 Å². The van der Waals surface area contributed by atoms with E-state index < -0.39 is 17.8 Å². The minimum atomic E-state index is -0.902. The number of aliphatic hydroxyl groups excluding tert-OH is 1. The highest BCUT2D eigenvalue weighted by Gasteiger charge is 2.51. The van der Waals surface area contributed by atoms with Gasteiger partial charge < -0.3 is 15.5 Å². The average Bonchev–Trinajstić information content (AvgIpc) is 2.84. The largest absolute Gasteiger partial charge is 0.481 e. The Morgan fingerprint density at radius 1 is 1.25 bits per heavy atom. The van der Waals surface area contributed by atoms with E-state index in [1.807, 2.05) is 12.2 Å². The Bertz CT molecular complexity index is 339. The van der Waals surface area contributed by atoms with Crippen LogP contribution in [0, 0.1) is 23.7 Å². The zero-order valence-corrected chi connectivity index (χ0v) is 8.80. The lowest BCUT2D eigenvalue weighted by Gasteiger charge is -2.23. The predicted molar refractivity (Wildman–Crippen MR) is 55.4 cm³/mol. The first-order valence-electron chi connectivity index (χ1n) is 5.45. The maximum atomic E-state index is 11.8. The van der Waals surface area contributed by atoms with Crippen molar-refractivity contribution in [2.45, 2.75) is 6.42 Å². The summed E-state index contributed by atoms with van der Waals surface area (Å²) < 4.78 is 0. The lowest BCUT2D eigenvalue weighted by Crippen LogP contribution is -2.41. The zero-order chi connectivity index (χ0) is 11.7. The molecule has 2 unspecified atom stereocenters. The fourth-order valence-electron chi connectivity index (χ4n) is 2.81. The molecule has 0 aromatic heterocycles. The van der Waals surface area contributed by atoms with Crippen molar-refractivity contribution >= 4 is 11.9 Å². The Balaban J connectivity index is 2.10. The molecule has 0 aromatic rings. The molecule has 1 fully saturated rings. The topological polar surface area (TPSA) is 86.6 Å². The van der Waals surface area contributed by atoms with E-state index in [4.69, 9.17) is 10.2 Å². The maximum Gasteiger partial charge on any atom is 0.307 e. The molecule has 0 spiro atoms. The maximum absolute atomic E-state index is 11.8. The SMILES string of the molecule is O=C(O)[C@@H]1C2C=CC(C2)[C@H]1C(=O)NCCO. The summed E-state index contributed by atoms with van der Waals surface area (Å²) in [5.74, 6) is -2.19. The fraction of sp³-hybridized carbons (Fsp3) is 0.636. The number of amides is 1. The molecule has 2 bridgehead atoms. The molecule has 1 saturated carbocycles. The number of carbonyl (C=O) groups is 2. The molecule has 3 N–H and O–H groups in total. The van der Waals surface area contributed by atoms with Crippen molar-refractivity contribution in [1.29, 1.82) is 0 Å². The summed E-state index contributed by atoms with van der Waals surface area (Å²) in [6.07, 6.45) is 4.60. The first-order chi connectivity index (χ1) is 7.65. The summed E-state index contributed by atoms with van der Waals surface area (Å²) >= 11 is 0. The number of rotatable bonds is 4. The van der Waals surface area contributed by atoms with Gasteiger partial charge in [-0.2, -0.15) is 0 Å². The minimum absolute atomic E-state index is 0.00706. The van der Waals surface area contributed by atoms with Gasteiger partial charge >= 0.3 is 5.97 Å². The lowest BCUT2D eigenvalue weighted by molar-refractivity contribution is -0.147. The number of carboxylic acid groups (broad SMARTS) is 1. The molecule has 88 valence electrons. The second kappa shape index (κ2) is 4.25. The summed E-state index contributed by atoms with van der Waals surface area (Å²) in [5, 5.41) is 20.3. The Hall–Kier alpha value is -1.36. The minimum Gasteiger partial charge on any atom is -0.481 e. The summed E-state index contributed by atoms with van der Waals surface area (Å²) in [6.45, 7) is 0.0584. The number of aliphatic carboxylic acids is 1. The van der Waals surface area contributed by atoms with Crippen LogP contribution >= 0.6 is 0 Å². The molecule has 16 heavy (non-hydrogen) atoms. The van der Waals surface area contributed by atoms with Crippen LogP contribution in [0.5, 0.6) is 0 Å². The predicted octanol–water partition coefficient (Wildman–Crippen LogP) is -0.382. The molecule has 0 aliphatic heterocycles. The molecule has 5 heteroatoms. The van der Waals surface area contributed by atoms with Gasteiger partial charge in [-0.3, -0.25) is 9.59 Å². The normalized spacial score (nSPS) is 35.3. The molecule has 0 saturated heterocycles. The van der Waals surface area contributed by atoms with Crippen molar-refractivity contribution in [3.05, 3.63) is 12.2 Å². The summed E-state index contributed by atoms with van der Waals surface area (Å²) in [6, 6.07) is 0. The third kappa shape index (κ3) is 1.71. The monoisotopic (exact) mass is 225 g/mol. The summed E-state index contributed by atoms with van der Waals surface area (Å²) in [7, 11) is 0. The van der Waals surface area contributed by atoms with Crippen LogP contribution in [0.25, 0.3) is 0 Å². The van der Waals surface area contributed by atoms with Crippen molar-refractivity contribution in [1.82, 2.24) is 5.32 Å². The van der Waals surface area contributed by atoms with E-state index in [1.54, 1.807) is 0 Å². The van der Waals surface area contributed by atoms with Gasteiger partial charge in [0.05, 0.1) is 18.4 Å². The van der Waals surface area contributed by atoms with Crippen molar-refractivity contribution in [3.63, 3.8) is 0 Å². The standard InChI is InChI=1S/C11H15NO4/c13-4-3-12-10(14)8-6-1-2-7(5-6)9(8)11(15)16/h1-2,6-9,13H,3-5H2,(H,12,14)(H,15,16)/t6?,7?,8-,9-/m1/s1. The zero-order valence-electron chi connectivity index (χ0n) is 8.80. The average molecular weight is 225 g/mol. The number of nitrogens with one attached hydrogen (secondary N) is 1. The van der Waals surface area contributed by atoms with Gasteiger partial charge in [0.15, 0.2) is 0 Å². The molecule has 1 amide bonds. The van der Waals surface area contributed by atoms with Gasteiger partial charge in [0.2, 0.25) is 5.91 Å². The second-order valence-corrected chi connectivity index (χ2v) is 4.35. The van der Waals surface area contributed by atoms with Crippen molar-refractivity contribution in [2.75, 3.05) is 13.2 Å². The van der Waals surface area contributed by atoms with Gasteiger partial charge in [-0.1, -0.05) is 12.2 Å². The smallest absolute Gasteiger partial charge is 0.307 e. The quantitative estimate of drug-likeness (QED) is 0.569. The van der Waals surface area contributed by atoms with Crippen LogP contribution in [0.1, 0.15) is 6.42 Å². The Morgan fingerprint density at radius 3 is 2.44 bits per heavy atom. The highest BCUT2D eigenvalue weighted by atomic mass is 16.4. The highest BCUT2D eigenvalue weighted by Crippen LogP contribution is 2.48. The van der Waals surface area contributed by atoms with Crippen LogP contribution in [-0.4, -0.2) is 35.2 Å². The molecule has 0 heterocycles. The van der Waals surface area contributed by atoms with Gasteiger partial charge in [-0.15, -0.1) is 0 Å². The van der Waals surface area contributed by atoms with Gasteiger partial charge in [-0.05, 0) is 18.3 Å².